The van der Waals surface area contributed by atoms with Gasteiger partial charge in [-0.25, -0.2) is 0 Å². The molecule has 0 saturated heterocycles. The number of aromatic nitrogens is 1. The topological polar surface area (TPSA) is 160 Å². The number of carbonyl (C=O) groups excluding carboxylic acids is 5. The molecule has 1 aliphatic rings. The van der Waals surface area contributed by atoms with E-state index >= 15 is 0 Å². The van der Waals surface area contributed by atoms with Crippen molar-refractivity contribution in [3.05, 3.63) is 99.9 Å². The van der Waals surface area contributed by atoms with Gasteiger partial charge in [0, 0.05) is 0 Å². The van der Waals surface area contributed by atoms with Gasteiger partial charge in [0.15, 0.2) is 0 Å². The summed E-state index contributed by atoms with van der Waals surface area (Å²) in [6.45, 7) is 1.88. The molecule has 13 heteroatoms. The number of rotatable bonds is 17. The Hall–Kier alpha value is -5.00. The van der Waals surface area contributed by atoms with E-state index in [4.69, 9.17) is 28.7 Å². The standard InChI is InChI=1S/C38H42N2O10Se/c1-38(29(21-34(44)49-5)27(17-19-32(42)47-3)36(40-38)51-25-14-10-7-11-15-25)22-30-28(20-33(43)48-4)26(16-18-31(41)46-2)35(39-30)37(45)50-23-24-12-8-6-9-13-24/h6-15,39H,16-23H2,1-5H3. The average Bonchev–Trinajstić information content (AvgIpc) is 3.60. The first-order valence-corrected chi connectivity index (χ1v) is 18.0. The van der Waals surface area contributed by atoms with Crippen molar-refractivity contribution in [2.75, 3.05) is 28.4 Å². The molecule has 0 radical (unpaired) electrons. The van der Waals surface area contributed by atoms with Crippen LogP contribution in [-0.2, 0) is 68.7 Å². The van der Waals surface area contributed by atoms with E-state index < -0.39 is 35.4 Å². The van der Waals surface area contributed by atoms with Crippen LogP contribution in [0.5, 0.6) is 0 Å². The number of methoxy groups -OCH3 is 4. The molecule has 3 aromatic rings. The van der Waals surface area contributed by atoms with Gasteiger partial charge in [0.25, 0.3) is 0 Å². The van der Waals surface area contributed by atoms with Crippen LogP contribution in [0.3, 0.4) is 0 Å². The molecule has 4 rings (SSSR count). The molecular formula is C38H42N2O10Se. The van der Waals surface area contributed by atoms with Crippen molar-refractivity contribution in [3.63, 3.8) is 0 Å². The molecule has 51 heavy (non-hydrogen) atoms. The van der Waals surface area contributed by atoms with E-state index in [9.17, 15) is 24.0 Å². The summed E-state index contributed by atoms with van der Waals surface area (Å²) in [4.78, 5) is 72.5. The molecular weight excluding hydrogens is 723 g/mol. The molecule has 0 aliphatic carbocycles. The third-order valence-electron chi connectivity index (χ3n) is 8.53. The quantitative estimate of drug-likeness (QED) is 0.122. The first-order valence-electron chi connectivity index (χ1n) is 16.3. The van der Waals surface area contributed by atoms with Gasteiger partial charge < -0.3 is 0 Å². The van der Waals surface area contributed by atoms with E-state index in [1.165, 1.54) is 28.4 Å². The van der Waals surface area contributed by atoms with Gasteiger partial charge in [0.05, 0.1) is 0 Å². The van der Waals surface area contributed by atoms with Crippen molar-refractivity contribution >= 4 is 53.9 Å². The van der Waals surface area contributed by atoms with Crippen LogP contribution in [0.1, 0.15) is 65.5 Å². The minimum atomic E-state index is -1.06. The fraction of sp³-hybridized carbons (Fsp3) is 0.368. The minimum absolute atomic E-state index is 0.000684. The predicted octanol–water partition coefficient (Wildman–Crippen LogP) is 3.75. The second kappa shape index (κ2) is 18.3. The normalized spacial score (nSPS) is 15.2. The summed E-state index contributed by atoms with van der Waals surface area (Å²) in [6, 6.07) is 19.0. The summed E-state index contributed by atoms with van der Waals surface area (Å²) in [6.07, 6.45) is 0.171. The third kappa shape index (κ3) is 10.3. The maximum absolute atomic E-state index is 13.7. The van der Waals surface area contributed by atoms with Gasteiger partial charge in [-0.05, 0) is 0 Å². The number of aliphatic imine (C=N–C) groups is 1. The van der Waals surface area contributed by atoms with Crippen molar-refractivity contribution in [1.29, 1.82) is 0 Å². The molecule has 270 valence electrons. The number of hydrogen-bond donors (Lipinski definition) is 1. The second-order valence-electron chi connectivity index (χ2n) is 11.9. The Morgan fingerprint density at radius 3 is 1.90 bits per heavy atom. The second-order valence-corrected chi connectivity index (χ2v) is 14.1. The molecule has 0 spiro atoms. The monoisotopic (exact) mass is 766 g/mol. The van der Waals surface area contributed by atoms with Crippen LogP contribution in [0.4, 0.5) is 0 Å². The van der Waals surface area contributed by atoms with E-state index in [2.05, 4.69) is 4.98 Å². The van der Waals surface area contributed by atoms with E-state index in [1.807, 2.05) is 67.6 Å². The summed E-state index contributed by atoms with van der Waals surface area (Å²) in [5.41, 5.74) is 2.61. The summed E-state index contributed by atoms with van der Waals surface area (Å²) >= 11 is -0.297. The molecule has 1 unspecified atom stereocenters. The fourth-order valence-corrected chi connectivity index (χ4v) is 8.21. The van der Waals surface area contributed by atoms with Gasteiger partial charge in [-0.2, -0.15) is 0 Å². The van der Waals surface area contributed by atoms with Gasteiger partial charge in [-0.3, -0.25) is 0 Å². The number of nitrogens with zero attached hydrogens (tertiary/aromatic N) is 1. The van der Waals surface area contributed by atoms with Crippen LogP contribution >= 0.6 is 0 Å². The van der Waals surface area contributed by atoms with Crippen molar-refractivity contribution < 1.29 is 47.7 Å². The molecule has 1 aromatic heterocycles. The van der Waals surface area contributed by atoms with Gasteiger partial charge in [0.2, 0.25) is 0 Å². The molecule has 0 saturated carbocycles. The zero-order valence-electron chi connectivity index (χ0n) is 29.4. The number of carbonyl (C=O) groups is 5. The number of allylic oxidation sites excluding steroid dienone is 1. The Morgan fingerprint density at radius 2 is 1.29 bits per heavy atom. The van der Waals surface area contributed by atoms with Crippen LogP contribution in [0, 0.1) is 0 Å². The summed E-state index contributed by atoms with van der Waals surface area (Å²) in [5, 5.41) is 0. The van der Waals surface area contributed by atoms with Gasteiger partial charge in [0.1, 0.15) is 0 Å². The van der Waals surface area contributed by atoms with Gasteiger partial charge >= 0.3 is 286 Å². The van der Waals surface area contributed by atoms with Crippen LogP contribution in [0.15, 0.2) is 76.8 Å². The summed E-state index contributed by atoms with van der Waals surface area (Å²) < 4.78 is 27.4. The SMILES string of the molecule is COC(=O)CCC1=C(CC(=O)OC)C(C)(Cc2[nH]c(C(=O)OCc3ccccc3)c(CCC(=O)OC)c2CC(=O)OC)N=C1[Se]c1ccccc1. The van der Waals surface area contributed by atoms with E-state index in [1.54, 1.807) is 0 Å². The first kappa shape index (κ1) is 38.8. The number of H-pyrrole nitrogens is 1. The Kier molecular flexibility index (Phi) is 13.9. The third-order valence-corrected chi connectivity index (χ3v) is 10.7. The zero-order valence-corrected chi connectivity index (χ0v) is 31.1. The number of benzene rings is 2. The van der Waals surface area contributed by atoms with Crippen LogP contribution in [-0.4, -0.2) is 88.4 Å². The molecule has 1 aliphatic heterocycles. The Labute approximate surface area is 303 Å². The van der Waals surface area contributed by atoms with Gasteiger partial charge in [-0.15, -0.1) is 0 Å². The van der Waals surface area contributed by atoms with Crippen molar-refractivity contribution in [3.8, 4) is 0 Å². The molecule has 12 nitrogen and oxygen atoms in total. The molecule has 1 atom stereocenters. The molecule has 0 fully saturated rings. The van der Waals surface area contributed by atoms with Crippen molar-refractivity contribution in [2.24, 2.45) is 4.99 Å². The molecule has 2 heterocycles. The van der Waals surface area contributed by atoms with E-state index in [0.29, 0.717) is 22.4 Å². The maximum atomic E-state index is 13.7. The van der Waals surface area contributed by atoms with E-state index in [0.717, 1.165) is 20.2 Å². The van der Waals surface area contributed by atoms with Crippen molar-refractivity contribution in [1.82, 2.24) is 4.98 Å². The number of nitrogens with one attached hydrogen (secondary N) is 1. The molecule has 2 aromatic carbocycles. The number of aromatic amines is 1. The zero-order chi connectivity index (χ0) is 37.0. The van der Waals surface area contributed by atoms with Gasteiger partial charge in [-0.1, -0.05) is 18.2 Å². The summed E-state index contributed by atoms with van der Waals surface area (Å²) in [5.74, 6) is -2.62. The van der Waals surface area contributed by atoms with Crippen molar-refractivity contribution in [2.45, 2.75) is 64.0 Å². The summed E-state index contributed by atoms with van der Waals surface area (Å²) in [7, 11) is 5.17. The Balaban J connectivity index is 1.85. The van der Waals surface area contributed by atoms with E-state index in [-0.39, 0.29) is 72.2 Å². The number of esters is 5. The number of hydrogen-bond acceptors (Lipinski definition) is 11. The fourth-order valence-electron chi connectivity index (χ4n) is 5.88. The Morgan fingerprint density at radius 1 is 0.725 bits per heavy atom. The number of ether oxygens (including phenoxy) is 5. The van der Waals surface area contributed by atoms with Crippen LogP contribution in [0.25, 0.3) is 0 Å². The first-order chi connectivity index (χ1) is 24.5. The van der Waals surface area contributed by atoms with Crippen LogP contribution < -0.4 is 4.46 Å². The molecule has 0 amide bonds. The Bertz CT molecular complexity index is 1800. The molecule has 0 bridgehead atoms. The average molecular weight is 766 g/mol. The molecule has 1 N–H and O–H groups in total. The van der Waals surface area contributed by atoms with Crippen LogP contribution in [0.2, 0.25) is 0 Å². The predicted molar refractivity (Wildman–Crippen MR) is 189 cm³/mol.